The van der Waals surface area contributed by atoms with Crippen molar-refractivity contribution in [2.75, 3.05) is 87.9 Å². The fraction of sp³-hybridized carbons (Fsp3) is 1.00. The second-order valence-electron chi connectivity index (χ2n) is 12.5. The van der Waals surface area contributed by atoms with Gasteiger partial charge in [-0.05, 0) is 65.5 Å². The van der Waals surface area contributed by atoms with Crippen LogP contribution in [-0.4, -0.2) is 112 Å². The molecule has 0 fully saturated rings. The fourth-order valence-electron chi connectivity index (χ4n) is 3.07. The first kappa shape index (κ1) is 53.2. The first-order valence-corrected chi connectivity index (χ1v) is 25.3. The van der Waals surface area contributed by atoms with E-state index in [4.69, 9.17) is 14.2 Å². The summed E-state index contributed by atoms with van der Waals surface area (Å²) in [5.41, 5.74) is 0. The highest BCUT2D eigenvalue weighted by atomic mass is 33.1. The molecule has 7 nitrogen and oxygen atoms in total. The van der Waals surface area contributed by atoms with Crippen molar-refractivity contribution >= 4 is 64.8 Å². The zero-order valence-corrected chi connectivity index (χ0v) is 37.2. The Kier molecular flexibility index (Phi) is 51.9. The number of hydrogen-bond donors (Lipinski definition) is 4. The molecule has 0 unspecified atom stereocenters. The third kappa shape index (κ3) is 63.3. The average Bonchev–Trinajstić information content (AvgIpc) is 3.00. The van der Waals surface area contributed by atoms with Crippen molar-refractivity contribution in [1.29, 1.82) is 0 Å². The molecule has 0 aromatic carbocycles. The lowest BCUT2D eigenvalue weighted by molar-refractivity contribution is 0.0702. The van der Waals surface area contributed by atoms with Crippen molar-refractivity contribution in [1.82, 2.24) is 21.3 Å². The van der Waals surface area contributed by atoms with E-state index in [1.165, 1.54) is 24.3 Å². The van der Waals surface area contributed by atoms with Gasteiger partial charge in [-0.2, -0.15) is 0 Å². The standard InChI is InChI=1S/C13H29NO2S2.C11H26N2OS2.C10H23NS2/c1-12(2)14-7-10-17-18-11-15-8-5-6-9-16-13(3)4;1-11(2)13-7-9-15-16-10-14-8-5-4-6-12-3;1-9(2)5-7-12-13-8-6-11-10(3)4/h12-14H,5-11H2,1-4H3;11-13H,4-10H2,1-3H3;9-11H,5-8H2,1-4H3. The minimum Gasteiger partial charge on any atom is -0.379 e. The third-order valence-electron chi connectivity index (χ3n) is 5.61. The van der Waals surface area contributed by atoms with Crippen LogP contribution in [0.2, 0.25) is 0 Å². The molecule has 0 spiro atoms. The summed E-state index contributed by atoms with van der Waals surface area (Å²) >= 11 is 0. The highest BCUT2D eigenvalue weighted by Crippen LogP contribution is 2.23. The van der Waals surface area contributed by atoms with E-state index in [1.807, 2.05) is 61.0 Å². The van der Waals surface area contributed by atoms with E-state index in [2.05, 4.69) is 90.5 Å². The van der Waals surface area contributed by atoms with Gasteiger partial charge in [-0.25, -0.2) is 0 Å². The molecule has 0 aliphatic carbocycles. The number of ether oxygens (including phenoxy) is 3. The second kappa shape index (κ2) is 45.8. The third-order valence-corrected chi connectivity index (χ3v) is 12.2. The molecule has 0 radical (unpaired) electrons. The maximum atomic E-state index is 5.53. The Morgan fingerprint density at radius 2 is 0.872 bits per heavy atom. The molecule has 0 aromatic rings. The molecule has 0 aromatic heterocycles. The Hall–Kier alpha value is 1.82. The first-order valence-electron chi connectivity index (χ1n) is 17.9. The molecule has 0 saturated carbocycles. The van der Waals surface area contributed by atoms with Gasteiger partial charge in [0.2, 0.25) is 0 Å². The summed E-state index contributed by atoms with van der Waals surface area (Å²) in [6, 6.07) is 1.80. The zero-order chi connectivity index (χ0) is 35.8. The Morgan fingerprint density at radius 3 is 1.28 bits per heavy atom. The second-order valence-corrected chi connectivity index (χ2v) is 20.3. The van der Waals surface area contributed by atoms with Crippen LogP contribution in [0.5, 0.6) is 0 Å². The van der Waals surface area contributed by atoms with Crippen LogP contribution < -0.4 is 21.3 Å². The SMILES string of the molecule is CC(C)CCSSCCNC(C)C.CC(C)NCCSSCOCCCCOC(C)C.CNCCCCOCSSCCNC(C)C. The highest BCUT2D eigenvalue weighted by Gasteiger charge is 1.98. The van der Waals surface area contributed by atoms with Crippen LogP contribution in [0, 0.1) is 5.92 Å². The topological polar surface area (TPSA) is 75.8 Å². The quantitative estimate of drug-likeness (QED) is 0.0291. The minimum absolute atomic E-state index is 0.345. The number of rotatable bonds is 33. The summed E-state index contributed by atoms with van der Waals surface area (Å²) in [6.45, 7) is 28.7. The van der Waals surface area contributed by atoms with Gasteiger partial charge in [-0.15, -0.1) is 0 Å². The largest absolute Gasteiger partial charge is 0.379 e. The smallest absolute Gasteiger partial charge is 0.102 e. The summed E-state index contributed by atoms with van der Waals surface area (Å²) in [5.74, 6) is 7.25. The van der Waals surface area contributed by atoms with Crippen LogP contribution in [0.1, 0.15) is 101 Å². The summed E-state index contributed by atoms with van der Waals surface area (Å²) < 4.78 is 16.5. The molecular weight excluding hydrogens is 705 g/mol. The summed E-state index contributed by atoms with van der Waals surface area (Å²) in [6.07, 6.45) is 6.22. The molecule has 288 valence electrons. The normalized spacial score (nSPS) is 11.5. The molecule has 13 heteroatoms. The molecule has 0 atom stereocenters. The molecule has 0 aliphatic heterocycles. The Labute approximate surface area is 317 Å². The van der Waals surface area contributed by atoms with E-state index in [1.54, 1.807) is 10.8 Å². The van der Waals surface area contributed by atoms with Crippen molar-refractivity contribution in [2.24, 2.45) is 5.92 Å². The predicted molar refractivity (Wildman–Crippen MR) is 229 cm³/mol. The van der Waals surface area contributed by atoms with Gasteiger partial charge in [0.1, 0.15) is 11.9 Å². The summed E-state index contributed by atoms with van der Waals surface area (Å²) in [5, 5.41) is 13.3. The number of hydrogen-bond acceptors (Lipinski definition) is 13. The van der Waals surface area contributed by atoms with Crippen molar-refractivity contribution in [3.8, 4) is 0 Å². The van der Waals surface area contributed by atoms with Crippen LogP contribution in [0.4, 0.5) is 0 Å². The molecule has 0 heterocycles. The average molecular weight is 783 g/mol. The van der Waals surface area contributed by atoms with Gasteiger partial charge < -0.3 is 35.5 Å². The van der Waals surface area contributed by atoms with E-state index in [0.717, 1.165) is 94.6 Å². The lowest BCUT2D eigenvalue weighted by atomic mass is 10.2. The molecule has 0 rings (SSSR count). The highest BCUT2D eigenvalue weighted by molar-refractivity contribution is 8.77. The molecule has 0 bridgehead atoms. The Balaban J connectivity index is -0.000000626. The van der Waals surface area contributed by atoms with Crippen LogP contribution >= 0.6 is 64.8 Å². The molecule has 0 saturated heterocycles. The minimum atomic E-state index is 0.345. The lowest BCUT2D eigenvalue weighted by Gasteiger charge is -2.08. The van der Waals surface area contributed by atoms with E-state index in [-0.39, 0.29) is 0 Å². The van der Waals surface area contributed by atoms with Crippen molar-refractivity contribution in [3.05, 3.63) is 0 Å². The molecule has 0 aliphatic rings. The zero-order valence-electron chi connectivity index (χ0n) is 32.3. The predicted octanol–water partition coefficient (Wildman–Crippen LogP) is 9.30. The lowest BCUT2D eigenvalue weighted by Crippen LogP contribution is -2.24. The van der Waals surface area contributed by atoms with Crippen molar-refractivity contribution in [2.45, 2.75) is 126 Å². The Bertz CT molecular complexity index is 528. The van der Waals surface area contributed by atoms with Gasteiger partial charge in [-0.3, -0.25) is 0 Å². The first-order chi connectivity index (χ1) is 22.5. The van der Waals surface area contributed by atoms with E-state index in [9.17, 15) is 0 Å². The summed E-state index contributed by atoms with van der Waals surface area (Å²) in [4.78, 5) is 0. The van der Waals surface area contributed by atoms with Gasteiger partial charge in [0.05, 0.1) is 6.10 Å². The molecule has 0 amide bonds. The van der Waals surface area contributed by atoms with Gasteiger partial charge in [-0.1, -0.05) is 120 Å². The van der Waals surface area contributed by atoms with Crippen LogP contribution in [0.25, 0.3) is 0 Å². The van der Waals surface area contributed by atoms with E-state index in [0.29, 0.717) is 24.2 Å². The molecule has 4 N–H and O–H groups in total. The van der Waals surface area contributed by atoms with Gasteiger partial charge >= 0.3 is 0 Å². The van der Waals surface area contributed by atoms with Crippen LogP contribution in [-0.2, 0) is 14.2 Å². The van der Waals surface area contributed by atoms with Gasteiger partial charge in [0.15, 0.2) is 0 Å². The monoisotopic (exact) mass is 782 g/mol. The van der Waals surface area contributed by atoms with Crippen LogP contribution in [0.15, 0.2) is 0 Å². The van der Waals surface area contributed by atoms with Crippen LogP contribution in [0.3, 0.4) is 0 Å². The number of unbranched alkanes of at least 4 members (excludes halogenated alkanes) is 2. The van der Waals surface area contributed by atoms with Gasteiger partial charge in [0.25, 0.3) is 0 Å². The maximum absolute atomic E-state index is 5.53. The maximum Gasteiger partial charge on any atom is 0.102 e. The molecule has 47 heavy (non-hydrogen) atoms. The summed E-state index contributed by atoms with van der Waals surface area (Å²) in [7, 11) is 13.3. The Morgan fingerprint density at radius 1 is 0.468 bits per heavy atom. The molecular formula is C34H78N4O3S6. The fourth-order valence-corrected chi connectivity index (χ4v) is 8.49. The van der Waals surface area contributed by atoms with E-state index < -0.39 is 0 Å². The van der Waals surface area contributed by atoms with Gasteiger partial charge in [0, 0.05) is 80.6 Å². The van der Waals surface area contributed by atoms with Crippen molar-refractivity contribution < 1.29 is 14.2 Å². The van der Waals surface area contributed by atoms with Crippen molar-refractivity contribution in [3.63, 3.8) is 0 Å². The van der Waals surface area contributed by atoms with E-state index >= 15 is 0 Å². The number of nitrogens with one attached hydrogen (secondary N) is 4.